The molecule has 15 heteroatoms. The van der Waals surface area contributed by atoms with Crippen molar-refractivity contribution in [2.24, 2.45) is 5.10 Å². The number of hydrogen-bond acceptors (Lipinski definition) is 6. The van der Waals surface area contributed by atoms with Gasteiger partial charge in [-0.2, -0.15) is 18.3 Å². The number of rotatable bonds is 7. The summed E-state index contributed by atoms with van der Waals surface area (Å²) in [6, 6.07) is 11.5. The molecule has 2 amide bonds. The maximum atomic E-state index is 12.9. The summed E-state index contributed by atoms with van der Waals surface area (Å²) in [5.74, 6) is -2.17. The summed E-state index contributed by atoms with van der Waals surface area (Å²) in [4.78, 5) is 23.8. The molecule has 1 aromatic heterocycles. The van der Waals surface area contributed by atoms with Gasteiger partial charge in [-0.05, 0) is 54.6 Å². The lowest BCUT2D eigenvalue weighted by molar-refractivity contribution is -0.137. The summed E-state index contributed by atoms with van der Waals surface area (Å²) in [5.41, 5.74) is 0.426. The molecule has 2 aromatic carbocycles. The van der Waals surface area contributed by atoms with Crippen molar-refractivity contribution >= 4 is 61.3 Å². The van der Waals surface area contributed by atoms with Crippen molar-refractivity contribution in [2.45, 2.75) is 17.6 Å². The third kappa shape index (κ3) is 7.40. The molecule has 0 aliphatic carbocycles. The number of halogens is 5. The van der Waals surface area contributed by atoms with E-state index < -0.39 is 38.6 Å². The zero-order valence-corrected chi connectivity index (χ0v) is 20.9. The predicted octanol–water partition coefficient (Wildman–Crippen LogP) is 4.28. The quantitative estimate of drug-likeness (QED) is 0.210. The number of benzene rings is 2. The van der Waals surface area contributed by atoms with Gasteiger partial charge in [-0.3, -0.25) is 9.59 Å². The fraction of sp³-hybridized carbons (Fsp3) is 0.0952. The number of carbonyl (C=O) groups excluding carboxylic acids is 2. The van der Waals surface area contributed by atoms with Gasteiger partial charge in [0.25, 0.3) is 0 Å². The molecule has 0 atom stereocenters. The van der Waals surface area contributed by atoms with Gasteiger partial charge in [-0.25, -0.2) is 18.6 Å². The van der Waals surface area contributed by atoms with Crippen LogP contribution in [0.1, 0.15) is 17.1 Å². The third-order valence-corrected chi connectivity index (χ3v) is 6.61. The second kappa shape index (κ2) is 11.2. The Bertz CT molecular complexity index is 1410. The Morgan fingerprint density at radius 3 is 2.42 bits per heavy atom. The topological polar surface area (TPSA) is 130 Å². The lowest BCUT2D eigenvalue weighted by Gasteiger charge is -2.11. The van der Waals surface area contributed by atoms with Crippen molar-refractivity contribution in [3.8, 4) is 0 Å². The van der Waals surface area contributed by atoms with Crippen LogP contribution in [0.15, 0.2) is 73.5 Å². The molecule has 1 heterocycles. The number of nitrogens with zero attached hydrogens (tertiary/aromatic N) is 1. The lowest BCUT2D eigenvalue weighted by atomic mass is 10.2. The Morgan fingerprint density at radius 2 is 1.75 bits per heavy atom. The monoisotopic (exact) mass is 606 g/mol. The highest BCUT2D eigenvalue weighted by Crippen LogP contribution is 2.36. The summed E-state index contributed by atoms with van der Waals surface area (Å²) < 4.78 is 71.8. The molecule has 3 N–H and O–H groups in total. The summed E-state index contributed by atoms with van der Waals surface area (Å²) in [6.07, 6.45) is -3.70. The molecule has 3 rings (SSSR count). The first-order valence-corrected chi connectivity index (χ1v) is 12.4. The Hall–Kier alpha value is -3.20. The van der Waals surface area contributed by atoms with Crippen LogP contribution in [0.3, 0.4) is 0 Å². The van der Waals surface area contributed by atoms with Crippen LogP contribution in [0.25, 0.3) is 0 Å². The van der Waals surface area contributed by atoms with Gasteiger partial charge in [0.1, 0.15) is 11.5 Å². The van der Waals surface area contributed by atoms with Gasteiger partial charge in [0.2, 0.25) is 10.0 Å². The van der Waals surface area contributed by atoms with Gasteiger partial charge in [0.15, 0.2) is 0 Å². The smallest absolute Gasteiger partial charge is 0.417 e. The first-order valence-electron chi connectivity index (χ1n) is 9.70. The van der Waals surface area contributed by atoms with Crippen LogP contribution in [-0.2, 0) is 32.3 Å². The fourth-order valence-corrected chi connectivity index (χ4v) is 4.12. The van der Waals surface area contributed by atoms with Gasteiger partial charge >= 0.3 is 18.0 Å². The van der Waals surface area contributed by atoms with Crippen molar-refractivity contribution in [1.82, 2.24) is 10.1 Å². The number of furan rings is 1. The normalized spacial score (nSPS) is 12.0. The number of alkyl halides is 3. The van der Waals surface area contributed by atoms with Crippen LogP contribution in [0.5, 0.6) is 0 Å². The van der Waals surface area contributed by atoms with E-state index >= 15 is 0 Å². The first kappa shape index (κ1) is 27.4. The molecule has 0 bridgehead atoms. The molecule has 0 saturated carbocycles. The number of carbonyl (C=O) groups is 2. The van der Waals surface area contributed by atoms with Gasteiger partial charge in [0.05, 0.1) is 28.2 Å². The molecule has 0 spiro atoms. The number of nitrogens with one attached hydrogen (secondary N) is 3. The summed E-state index contributed by atoms with van der Waals surface area (Å²) in [7, 11) is -3.78. The third-order valence-electron chi connectivity index (χ3n) is 4.34. The van der Waals surface area contributed by atoms with Crippen molar-refractivity contribution in [3.63, 3.8) is 0 Å². The van der Waals surface area contributed by atoms with Crippen LogP contribution >= 0.6 is 27.5 Å². The van der Waals surface area contributed by atoms with Crippen molar-refractivity contribution in [2.75, 3.05) is 5.32 Å². The lowest BCUT2D eigenvalue weighted by Crippen LogP contribution is -2.32. The van der Waals surface area contributed by atoms with E-state index in [4.69, 9.17) is 16.0 Å². The summed E-state index contributed by atoms with van der Waals surface area (Å²) in [5, 5.41) is 4.98. The van der Waals surface area contributed by atoms with E-state index in [9.17, 15) is 31.2 Å². The van der Waals surface area contributed by atoms with Gasteiger partial charge < -0.3 is 9.73 Å². The van der Waals surface area contributed by atoms with Crippen LogP contribution in [0.2, 0.25) is 5.02 Å². The van der Waals surface area contributed by atoms with Crippen LogP contribution < -0.4 is 15.5 Å². The Morgan fingerprint density at radius 1 is 1.06 bits per heavy atom. The highest BCUT2D eigenvalue weighted by Gasteiger charge is 2.33. The van der Waals surface area contributed by atoms with Gasteiger partial charge in [0, 0.05) is 10.2 Å². The van der Waals surface area contributed by atoms with Gasteiger partial charge in [-0.1, -0.05) is 27.5 Å². The standard InChI is InChI=1S/C21H15BrClF3N4O5S/c22-12-1-6-16(7-2-12)36(33,34)28-11-15-5-4-14(35-15)10-27-30-20(32)19(31)29-13-3-8-18(23)17(9-13)21(24,25)26/h1-10,28H,11H2,(H,29,31)(H,30,32)/b27-10+. The highest BCUT2D eigenvalue weighted by molar-refractivity contribution is 9.10. The number of sulfonamides is 1. The van der Waals surface area contributed by atoms with E-state index in [1.54, 1.807) is 12.1 Å². The second-order valence-electron chi connectivity index (χ2n) is 6.93. The number of amides is 2. The van der Waals surface area contributed by atoms with Crippen molar-refractivity contribution in [3.05, 3.63) is 81.2 Å². The average Bonchev–Trinajstić information content (AvgIpc) is 3.26. The van der Waals surface area contributed by atoms with E-state index in [0.29, 0.717) is 6.07 Å². The number of anilines is 1. The molecule has 0 unspecified atom stereocenters. The minimum Gasteiger partial charge on any atom is -0.459 e. The van der Waals surface area contributed by atoms with Crippen LogP contribution in [-0.4, -0.2) is 26.4 Å². The maximum Gasteiger partial charge on any atom is 0.417 e. The molecular formula is C21H15BrClF3N4O5S. The summed E-state index contributed by atoms with van der Waals surface area (Å²) in [6.45, 7) is -0.165. The van der Waals surface area contributed by atoms with E-state index in [0.717, 1.165) is 22.8 Å². The molecule has 190 valence electrons. The molecular weight excluding hydrogens is 593 g/mol. The van der Waals surface area contributed by atoms with Crippen LogP contribution in [0, 0.1) is 0 Å². The molecule has 36 heavy (non-hydrogen) atoms. The molecule has 0 aliphatic rings. The maximum absolute atomic E-state index is 12.9. The largest absolute Gasteiger partial charge is 0.459 e. The predicted molar refractivity (Wildman–Crippen MR) is 128 cm³/mol. The van der Waals surface area contributed by atoms with Crippen molar-refractivity contribution < 1.29 is 35.6 Å². The second-order valence-corrected chi connectivity index (χ2v) is 10.0. The molecule has 0 aliphatic heterocycles. The molecule has 0 radical (unpaired) electrons. The van der Waals surface area contributed by atoms with Gasteiger partial charge in [-0.15, -0.1) is 0 Å². The van der Waals surface area contributed by atoms with Crippen molar-refractivity contribution in [1.29, 1.82) is 0 Å². The van der Waals surface area contributed by atoms with E-state index in [1.807, 2.05) is 10.7 Å². The summed E-state index contributed by atoms with van der Waals surface area (Å²) >= 11 is 8.73. The average molecular weight is 608 g/mol. The molecule has 3 aromatic rings. The fourth-order valence-electron chi connectivity index (χ4n) is 2.64. The minimum atomic E-state index is -4.75. The highest BCUT2D eigenvalue weighted by atomic mass is 79.9. The molecule has 9 nitrogen and oxygen atoms in total. The molecule has 0 saturated heterocycles. The first-order chi connectivity index (χ1) is 16.8. The van der Waals surface area contributed by atoms with E-state index in [-0.39, 0.29) is 28.6 Å². The SMILES string of the molecule is O=C(N/N=C/c1ccc(CNS(=O)(=O)c2ccc(Br)cc2)o1)C(=O)Nc1ccc(Cl)c(C(F)(F)F)c1. The zero-order chi connectivity index (χ0) is 26.5. The minimum absolute atomic E-state index is 0.0632. The van der Waals surface area contributed by atoms with E-state index in [2.05, 4.69) is 25.8 Å². The Kier molecular flexibility index (Phi) is 8.55. The Labute approximate surface area is 215 Å². The number of hydrogen-bond donors (Lipinski definition) is 3. The van der Waals surface area contributed by atoms with E-state index in [1.165, 1.54) is 24.3 Å². The molecule has 0 fully saturated rings. The van der Waals surface area contributed by atoms with Crippen LogP contribution in [0.4, 0.5) is 18.9 Å². The Balaban J connectivity index is 1.53. The number of hydrazone groups is 1. The zero-order valence-electron chi connectivity index (χ0n) is 17.8.